The van der Waals surface area contributed by atoms with E-state index in [0.29, 0.717) is 19.0 Å². The van der Waals surface area contributed by atoms with Crippen molar-refractivity contribution in [3.8, 4) is 22.6 Å². The molecule has 0 aliphatic heterocycles. The highest BCUT2D eigenvalue weighted by Gasteiger charge is 2.21. The molecule has 194 valence electrons. The first-order valence-corrected chi connectivity index (χ1v) is 13.1. The van der Waals surface area contributed by atoms with Crippen molar-refractivity contribution in [2.75, 3.05) is 13.2 Å². The van der Waals surface area contributed by atoms with Crippen molar-refractivity contribution in [1.82, 2.24) is 0 Å². The fourth-order valence-corrected chi connectivity index (χ4v) is 4.01. The van der Waals surface area contributed by atoms with Gasteiger partial charge in [-0.15, -0.1) is 0 Å². The summed E-state index contributed by atoms with van der Waals surface area (Å²) in [5.41, 5.74) is -0.162. The van der Waals surface area contributed by atoms with Gasteiger partial charge < -0.3 is 14.6 Å². The number of benzene rings is 2. The maximum Gasteiger partial charge on any atom is 0.336 e. The smallest absolute Gasteiger partial charge is 0.336 e. The molecule has 0 aliphatic rings. The molecule has 4 nitrogen and oxygen atoms in total. The number of carbonyl (C=O) groups is 1. The summed E-state index contributed by atoms with van der Waals surface area (Å²) in [6, 6.07) is 7.12. The Labute approximate surface area is 208 Å². The number of rotatable bonds is 18. The van der Waals surface area contributed by atoms with E-state index in [0.717, 1.165) is 38.5 Å². The number of unbranched alkanes of at least 4 members (excludes halogenated alkanes) is 10. The van der Waals surface area contributed by atoms with Gasteiger partial charge >= 0.3 is 5.97 Å². The van der Waals surface area contributed by atoms with Crippen LogP contribution in [-0.2, 0) is 0 Å². The Morgan fingerprint density at radius 2 is 1.29 bits per heavy atom. The van der Waals surface area contributed by atoms with Gasteiger partial charge in [0.15, 0.2) is 11.6 Å². The minimum absolute atomic E-state index is 0.0804. The maximum absolute atomic E-state index is 15.0. The van der Waals surface area contributed by atoms with Crippen molar-refractivity contribution in [2.45, 2.75) is 90.9 Å². The van der Waals surface area contributed by atoms with Crippen molar-refractivity contribution < 1.29 is 28.2 Å². The fourth-order valence-electron chi connectivity index (χ4n) is 4.01. The van der Waals surface area contributed by atoms with Crippen molar-refractivity contribution in [1.29, 1.82) is 0 Å². The summed E-state index contributed by atoms with van der Waals surface area (Å²) in [7, 11) is 0. The molecule has 0 saturated carbocycles. The van der Waals surface area contributed by atoms with Crippen molar-refractivity contribution in [2.24, 2.45) is 0 Å². The zero-order valence-corrected chi connectivity index (χ0v) is 21.2. The van der Waals surface area contributed by atoms with Gasteiger partial charge in [0.25, 0.3) is 0 Å². The Balaban J connectivity index is 2.05. The van der Waals surface area contributed by atoms with Crippen LogP contribution >= 0.6 is 0 Å². The molecule has 0 atom stereocenters. The highest BCUT2D eigenvalue weighted by Crippen LogP contribution is 2.34. The predicted octanol–water partition coefficient (Wildman–Crippen LogP) is 8.81. The lowest BCUT2D eigenvalue weighted by atomic mass is 9.98. The molecule has 0 aliphatic carbocycles. The number of carboxylic acid groups (broad SMARTS) is 1. The Morgan fingerprint density at radius 3 is 1.89 bits per heavy atom. The molecule has 6 heteroatoms. The molecule has 0 spiro atoms. The van der Waals surface area contributed by atoms with E-state index in [4.69, 9.17) is 9.47 Å². The second kappa shape index (κ2) is 16.1. The van der Waals surface area contributed by atoms with Crippen LogP contribution in [0.5, 0.6) is 11.5 Å². The van der Waals surface area contributed by atoms with Crippen LogP contribution in [0.4, 0.5) is 8.78 Å². The van der Waals surface area contributed by atoms with Gasteiger partial charge in [-0.05, 0) is 43.2 Å². The second-order valence-electron chi connectivity index (χ2n) is 8.98. The summed E-state index contributed by atoms with van der Waals surface area (Å²) in [4.78, 5) is 11.7. The monoisotopic (exact) mass is 490 g/mol. The van der Waals surface area contributed by atoms with E-state index in [1.807, 2.05) is 0 Å². The average molecular weight is 491 g/mol. The third-order valence-corrected chi connectivity index (χ3v) is 6.08. The summed E-state index contributed by atoms with van der Waals surface area (Å²) in [6.07, 6.45) is 13.1. The molecule has 0 radical (unpaired) electrons. The van der Waals surface area contributed by atoms with E-state index in [-0.39, 0.29) is 22.4 Å². The highest BCUT2D eigenvalue weighted by molar-refractivity contribution is 5.96. The molecule has 0 bridgehead atoms. The van der Waals surface area contributed by atoms with Crippen LogP contribution in [0.2, 0.25) is 0 Å². The van der Waals surface area contributed by atoms with Crippen molar-refractivity contribution in [3.63, 3.8) is 0 Å². The number of hydrogen-bond acceptors (Lipinski definition) is 3. The van der Waals surface area contributed by atoms with Gasteiger partial charge in [-0.1, -0.05) is 78.1 Å². The standard InChI is InChI=1S/C29H40F2O4/c1-3-5-7-9-11-13-19-34-22-15-16-24(29(32)33)25(21-22)23-17-18-26(28(31)27(23)30)35-20-14-12-10-8-6-4-2/h15-18,21H,3-14,19-20H2,1-2H3,(H,32,33). The summed E-state index contributed by atoms with van der Waals surface area (Å²) in [5, 5.41) is 9.59. The topological polar surface area (TPSA) is 55.8 Å². The highest BCUT2D eigenvalue weighted by atomic mass is 19.2. The van der Waals surface area contributed by atoms with Crippen LogP contribution in [0.15, 0.2) is 30.3 Å². The summed E-state index contributed by atoms with van der Waals surface area (Å²) < 4.78 is 41.0. The Kier molecular flexibility index (Phi) is 13.2. The minimum atomic E-state index is -1.22. The second-order valence-corrected chi connectivity index (χ2v) is 8.98. The first-order chi connectivity index (χ1) is 17.0. The number of aromatic carboxylic acids is 1. The van der Waals surface area contributed by atoms with Crippen LogP contribution in [0.25, 0.3) is 11.1 Å². The van der Waals surface area contributed by atoms with Crippen molar-refractivity contribution >= 4 is 5.97 Å². The predicted molar refractivity (Wildman–Crippen MR) is 136 cm³/mol. The molecule has 0 heterocycles. The largest absolute Gasteiger partial charge is 0.494 e. The lowest BCUT2D eigenvalue weighted by molar-refractivity contribution is 0.0697. The summed E-state index contributed by atoms with van der Waals surface area (Å²) in [5.74, 6) is -3.18. The summed E-state index contributed by atoms with van der Waals surface area (Å²) >= 11 is 0. The Hall–Kier alpha value is -2.63. The molecule has 0 unspecified atom stereocenters. The van der Waals surface area contributed by atoms with E-state index in [9.17, 15) is 14.3 Å². The van der Waals surface area contributed by atoms with E-state index in [1.165, 1.54) is 62.8 Å². The van der Waals surface area contributed by atoms with Crippen LogP contribution < -0.4 is 9.47 Å². The normalized spacial score (nSPS) is 11.0. The molecule has 0 fully saturated rings. The molecule has 2 aromatic rings. The minimum Gasteiger partial charge on any atom is -0.494 e. The average Bonchev–Trinajstić information content (AvgIpc) is 2.85. The van der Waals surface area contributed by atoms with E-state index >= 15 is 4.39 Å². The fraction of sp³-hybridized carbons (Fsp3) is 0.552. The first-order valence-electron chi connectivity index (χ1n) is 13.1. The maximum atomic E-state index is 15.0. The molecule has 0 saturated heterocycles. The Morgan fingerprint density at radius 1 is 0.714 bits per heavy atom. The van der Waals surface area contributed by atoms with Gasteiger partial charge in [-0.25, -0.2) is 9.18 Å². The molecule has 1 N–H and O–H groups in total. The number of halogens is 2. The van der Waals surface area contributed by atoms with Gasteiger partial charge in [-0.2, -0.15) is 4.39 Å². The molecule has 35 heavy (non-hydrogen) atoms. The third-order valence-electron chi connectivity index (χ3n) is 6.08. The lowest BCUT2D eigenvalue weighted by Crippen LogP contribution is -2.05. The molecule has 0 aromatic heterocycles. The number of ether oxygens (including phenoxy) is 2. The van der Waals surface area contributed by atoms with E-state index in [1.54, 1.807) is 6.07 Å². The van der Waals surface area contributed by atoms with Crippen molar-refractivity contribution in [3.05, 3.63) is 47.5 Å². The van der Waals surface area contributed by atoms with Crippen LogP contribution in [0.1, 0.15) is 101 Å². The quantitative estimate of drug-likeness (QED) is 0.212. The summed E-state index contributed by atoms with van der Waals surface area (Å²) in [6.45, 7) is 5.13. The lowest BCUT2D eigenvalue weighted by Gasteiger charge is -2.14. The molecule has 2 aromatic carbocycles. The van der Waals surface area contributed by atoms with Crippen LogP contribution in [0.3, 0.4) is 0 Å². The van der Waals surface area contributed by atoms with E-state index < -0.39 is 17.6 Å². The van der Waals surface area contributed by atoms with E-state index in [2.05, 4.69) is 13.8 Å². The molecule has 0 amide bonds. The van der Waals surface area contributed by atoms with Gasteiger partial charge in [0.2, 0.25) is 5.82 Å². The van der Waals surface area contributed by atoms with Crippen LogP contribution in [0, 0.1) is 11.6 Å². The van der Waals surface area contributed by atoms with Gasteiger partial charge in [0.1, 0.15) is 5.75 Å². The van der Waals surface area contributed by atoms with Gasteiger partial charge in [0.05, 0.1) is 18.8 Å². The third kappa shape index (κ3) is 9.50. The first kappa shape index (κ1) is 28.6. The molecular weight excluding hydrogens is 450 g/mol. The SMILES string of the molecule is CCCCCCCCOc1ccc(C(=O)O)c(-c2ccc(OCCCCCCCC)c(F)c2F)c1. The molecule has 2 rings (SSSR count). The van der Waals surface area contributed by atoms with Gasteiger partial charge in [0, 0.05) is 11.1 Å². The Bertz CT molecular complexity index is 914. The zero-order chi connectivity index (χ0) is 25.5. The number of hydrogen-bond donors (Lipinski definition) is 1. The molecular formula is C29H40F2O4. The number of carboxylic acids is 1. The zero-order valence-electron chi connectivity index (χ0n) is 21.2. The van der Waals surface area contributed by atoms with Crippen LogP contribution in [-0.4, -0.2) is 24.3 Å². The van der Waals surface area contributed by atoms with Gasteiger partial charge in [-0.3, -0.25) is 0 Å².